The lowest BCUT2D eigenvalue weighted by Gasteiger charge is -2.09. The van der Waals surface area contributed by atoms with Gasteiger partial charge in [-0.15, -0.1) is 0 Å². The Morgan fingerprint density at radius 2 is 1.94 bits per heavy atom. The fourth-order valence-corrected chi connectivity index (χ4v) is 2.31. The second kappa shape index (κ2) is 5.91. The van der Waals surface area contributed by atoms with Crippen LogP contribution in [0.4, 0.5) is 4.39 Å². The molecule has 0 aliphatic rings. The lowest BCUT2D eigenvalue weighted by molar-refractivity contribution is 0.305. The molecule has 1 nitrogen and oxygen atoms in total. The Kier molecular flexibility index (Phi) is 4.49. The molecule has 0 bridgehead atoms. The van der Waals surface area contributed by atoms with E-state index in [4.69, 9.17) is 27.9 Å². The van der Waals surface area contributed by atoms with Crippen LogP contribution in [0.3, 0.4) is 0 Å². The molecule has 5 heteroatoms. The lowest BCUT2D eigenvalue weighted by Crippen LogP contribution is -1.97. The molecule has 0 aliphatic carbocycles. The number of benzene rings is 2. The monoisotopic (exact) mass is 348 g/mol. The van der Waals surface area contributed by atoms with Gasteiger partial charge in [0.15, 0.2) is 0 Å². The van der Waals surface area contributed by atoms with E-state index in [0.717, 1.165) is 0 Å². The van der Waals surface area contributed by atoms with E-state index in [-0.39, 0.29) is 12.4 Å². The third kappa shape index (κ3) is 3.37. The first-order chi connectivity index (χ1) is 8.56. The molecular weight excluding hydrogens is 342 g/mol. The van der Waals surface area contributed by atoms with Gasteiger partial charge in [-0.05, 0) is 35.9 Å². The van der Waals surface area contributed by atoms with Crippen molar-refractivity contribution in [2.75, 3.05) is 0 Å². The fourth-order valence-electron chi connectivity index (χ4n) is 1.45. The van der Waals surface area contributed by atoms with Crippen LogP contribution in [0.2, 0.25) is 10.0 Å². The van der Waals surface area contributed by atoms with Crippen LogP contribution in [-0.2, 0) is 6.61 Å². The molecular formula is C13H8BrCl2FO. The molecule has 2 aromatic carbocycles. The Morgan fingerprint density at radius 3 is 2.67 bits per heavy atom. The molecule has 0 unspecified atom stereocenters. The average Bonchev–Trinajstić information content (AvgIpc) is 2.30. The number of halogens is 4. The van der Waals surface area contributed by atoms with Gasteiger partial charge >= 0.3 is 0 Å². The summed E-state index contributed by atoms with van der Waals surface area (Å²) in [5, 5.41) is 0.782. The zero-order valence-corrected chi connectivity index (χ0v) is 12.2. The topological polar surface area (TPSA) is 9.23 Å². The van der Waals surface area contributed by atoms with E-state index in [9.17, 15) is 4.39 Å². The van der Waals surface area contributed by atoms with Gasteiger partial charge in [0.1, 0.15) is 23.2 Å². The maximum absolute atomic E-state index is 13.2. The maximum atomic E-state index is 13.2. The third-order valence-electron chi connectivity index (χ3n) is 2.23. The Bertz CT molecular complexity index is 555. The highest BCUT2D eigenvalue weighted by molar-refractivity contribution is 9.10. The van der Waals surface area contributed by atoms with Crippen molar-refractivity contribution in [1.82, 2.24) is 0 Å². The highest BCUT2D eigenvalue weighted by atomic mass is 79.9. The Morgan fingerprint density at radius 1 is 1.17 bits per heavy atom. The minimum atomic E-state index is -0.319. The third-order valence-corrected chi connectivity index (χ3v) is 3.49. The molecule has 0 N–H and O–H groups in total. The summed E-state index contributed by atoms with van der Waals surface area (Å²) in [7, 11) is 0. The van der Waals surface area contributed by atoms with Crippen LogP contribution in [-0.4, -0.2) is 0 Å². The molecule has 0 saturated carbocycles. The van der Waals surface area contributed by atoms with E-state index in [1.165, 1.54) is 12.1 Å². The van der Waals surface area contributed by atoms with Crippen LogP contribution in [0.5, 0.6) is 5.75 Å². The van der Waals surface area contributed by atoms with Crippen molar-refractivity contribution in [1.29, 1.82) is 0 Å². The van der Waals surface area contributed by atoms with E-state index < -0.39 is 0 Å². The predicted molar refractivity (Wildman–Crippen MR) is 74.9 cm³/mol. The molecule has 0 spiro atoms. The molecule has 94 valence electrons. The first-order valence-electron chi connectivity index (χ1n) is 5.08. The van der Waals surface area contributed by atoms with Crippen molar-refractivity contribution >= 4 is 39.1 Å². The molecule has 0 amide bonds. The van der Waals surface area contributed by atoms with Gasteiger partial charge in [-0.2, -0.15) is 0 Å². The summed E-state index contributed by atoms with van der Waals surface area (Å²) >= 11 is 15.1. The van der Waals surface area contributed by atoms with Crippen molar-refractivity contribution in [2.45, 2.75) is 6.61 Å². The molecule has 2 rings (SSSR count). The molecule has 0 atom stereocenters. The van der Waals surface area contributed by atoms with Crippen molar-refractivity contribution in [3.63, 3.8) is 0 Å². The van der Waals surface area contributed by atoms with Crippen molar-refractivity contribution in [3.8, 4) is 5.75 Å². The van der Waals surface area contributed by atoms with Crippen LogP contribution < -0.4 is 4.74 Å². The van der Waals surface area contributed by atoms with Gasteiger partial charge in [-0.25, -0.2) is 4.39 Å². The molecule has 0 radical (unpaired) electrons. The first-order valence-corrected chi connectivity index (χ1v) is 6.63. The minimum absolute atomic E-state index is 0.219. The summed E-state index contributed by atoms with van der Waals surface area (Å²) in [6, 6.07) is 9.70. The highest BCUT2D eigenvalue weighted by Gasteiger charge is 2.06. The Hall–Kier alpha value is -0.770. The zero-order chi connectivity index (χ0) is 13.1. The first kappa shape index (κ1) is 13.7. The molecule has 0 aromatic heterocycles. The molecule has 0 saturated heterocycles. The van der Waals surface area contributed by atoms with Crippen molar-refractivity contribution in [3.05, 3.63) is 62.3 Å². The van der Waals surface area contributed by atoms with E-state index in [1.54, 1.807) is 24.3 Å². The van der Waals surface area contributed by atoms with E-state index in [0.29, 0.717) is 25.8 Å². The summed E-state index contributed by atoms with van der Waals surface area (Å²) in [4.78, 5) is 0. The standard InChI is InChI=1S/C13H8BrCl2FO/c14-9-4-8(5-10(17)6-9)7-18-12-3-1-2-11(15)13(12)16/h1-6H,7H2. The predicted octanol–water partition coefficient (Wildman–Crippen LogP) is 5.47. The maximum Gasteiger partial charge on any atom is 0.139 e. The van der Waals surface area contributed by atoms with Gasteiger partial charge in [0.05, 0.1) is 5.02 Å². The van der Waals surface area contributed by atoms with Gasteiger partial charge in [0.25, 0.3) is 0 Å². The molecule has 18 heavy (non-hydrogen) atoms. The van der Waals surface area contributed by atoms with Crippen molar-refractivity contribution in [2.24, 2.45) is 0 Å². The van der Waals surface area contributed by atoms with Gasteiger partial charge in [0.2, 0.25) is 0 Å². The molecule has 0 fully saturated rings. The highest BCUT2D eigenvalue weighted by Crippen LogP contribution is 2.32. The van der Waals surface area contributed by atoms with Gasteiger partial charge in [0, 0.05) is 4.47 Å². The summed E-state index contributed by atoms with van der Waals surface area (Å²) in [5.74, 6) is 0.157. The smallest absolute Gasteiger partial charge is 0.139 e. The molecule has 0 aliphatic heterocycles. The Balaban J connectivity index is 2.14. The van der Waals surface area contributed by atoms with Crippen LogP contribution in [0.25, 0.3) is 0 Å². The molecule has 2 aromatic rings. The number of ether oxygens (including phenoxy) is 1. The Labute approximate surface area is 123 Å². The molecule has 0 heterocycles. The average molecular weight is 350 g/mol. The van der Waals surface area contributed by atoms with E-state index >= 15 is 0 Å². The van der Waals surface area contributed by atoms with Crippen molar-refractivity contribution < 1.29 is 9.13 Å². The summed E-state index contributed by atoms with van der Waals surface area (Å²) in [6.07, 6.45) is 0. The van der Waals surface area contributed by atoms with E-state index in [2.05, 4.69) is 15.9 Å². The number of rotatable bonds is 3. The van der Waals surface area contributed by atoms with Gasteiger partial charge in [-0.1, -0.05) is 45.2 Å². The second-order valence-corrected chi connectivity index (χ2v) is 5.32. The fraction of sp³-hybridized carbons (Fsp3) is 0.0769. The minimum Gasteiger partial charge on any atom is -0.487 e. The number of hydrogen-bond acceptors (Lipinski definition) is 1. The number of hydrogen-bond donors (Lipinski definition) is 0. The quantitative estimate of drug-likeness (QED) is 0.713. The van der Waals surface area contributed by atoms with Gasteiger partial charge < -0.3 is 4.74 Å². The van der Waals surface area contributed by atoms with Crippen LogP contribution in [0.15, 0.2) is 40.9 Å². The summed E-state index contributed by atoms with van der Waals surface area (Å²) < 4.78 is 19.3. The van der Waals surface area contributed by atoms with E-state index in [1.807, 2.05) is 0 Å². The van der Waals surface area contributed by atoms with Crippen LogP contribution in [0.1, 0.15) is 5.56 Å². The summed E-state index contributed by atoms with van der Waals surface area (Å²) in [6.45, 7) is 0.219. The van der Waals surface area contributed by atoms with Gasteiger partial charge in [-0.3, -0.25) is 0 Å². The van der Waals surface area contributed by atoms with Crippen LogP contribution in [0, 0.1) is 5.82 Å². The second-order valence-electron chi connectivity index (χ2n) is 3.62. The normalized spacial score (nSPS) is 10.4. The lowest BCUT2D eigenvalue weighted by atomic mass is 10.2. The SMILES string of the molecule is Fc1cc(Br)cc(COc2cccc(Cl)c2Cl)c1. The summed E-state index contributed by atoms with van der Waals surface area (Å²) in [5.41, 5.74) is 0.706. The zero-order valence-electron chi connectivity index (χ0n) is 9.09. The largest absolute Gasteiger partial charge is 0.487 e. The van der Waals surface area contributed by atoms with Crippen LogP contribution >= 0.6 is 39.1 Å².